The Labute approximate surface area is 164 Å². The number of hydrogen-bond acceptors (Lipinski definition) is 7. The third-order valence-corrected chi connectivity index (χ3v) is 3.76. The van der Waals surface area contributed by atoms with Gasteiger partial charge in [-0.1, -0.05) is 12.1 Å². The highest BCUT2D eigenvalue weighted by atomic mass is 19.4. The minimum absolute atomic E-state index is 0.0360. The topological polar surface area (TPSA) is 98.1 Å². The Morgan fingerprint density at radius 1 is 1.14 bits per heavy atom. The highest BCUT2D eigenvalue weighted by Crippen LogP contribution is 2.43. The van der Waals surface area contributed by atoms with Crippen LogP contribution in [0.15, 0.2) is 36.5 Å². The number of pyridine rings is 1. The monoisotopic (exact) mass is 413 g/mol. The average Bonchev–Trinajstić information content (AvgIpc) is 2.67. The van der Waals surface area contributed by atoms with Crippen LogP contribution in [-0.2, 0) is 20.4 Å². The van der Waals surface area contributed by atoms with E-state index in [0.717, 1.165) is 25.3 Å². The van der Waals surface area contributed by atoms with Gasteiger partial charge < -0.3 is 24.4 Å². The van der Waals surface area contributed by atoms with Gasteiger partial charge in [-0.3, -0.25) is 0 Å². The molecule has 10 heteroatoms. The predicted molar refractivity (Wildman–Crippen MR) is 96.2 cm³/mol. The Bertz CT molecular complexity index is 911. The normalized spacial score (nSPS) is 12.3. The summed E-state index contributed by atoms with van der Waals surface area (Å²) in [6, 6.07) is 5.78. The zero-order valence-corrected chi connectivity index (χ0v) is 15.5. The Balaban J connectivity index is 2.78. The van der Waals surface area contributed by atoms with Gasteiger partial charge in [0, 0.05) is 18.9 Å². The first-order valence-corrected chi connectivity index (χ1v) is 8.20. The van der Waals surface area contributed by atoms with Crippen LogP contribution in [0.25, 0.3) is 11.3 Å². The molecule has 29 heavy (non-hydrogen) atoms. The first kappa shape index (κ1) is 22.0. The lowest BCUT2D eigenvalue weighted by Gasteiger charge is -2.19. The predicted octanol–water partition coefficient (Wildman–Crippen LogP) is 3.43. The number of nitrogens with zero attached hydrogens (tertiary/aromatic N) is 1. The molecular weight excluding hydrogens is 395 g/mol. The van der Waals surface area contributed by atoms with E-state index in [0.29, 0.717) is 0 Å². The number of carbonyl (C=O) groups is 1. The van der Waals surface area contributed by atoms with Gasteiger partial charge in [-0.25, -0.2) is 9.78 Å². The number of hydrogen-bond donors (Lipinski definition) is 2. The summed E-state index contributed by atoms with van der Waals surface area (Å²) in [5, 5.41) is 20.4. The highest BCUT2D eigenvalue weighted by Gasteiger charge is 2.40. The molecule has 0 saturated heterocycles. The molecule has 0 aliphatic carbocycles. The number of ether oxygens (including phenoxy) is 3. The van der Waals surface area contributed by atoms with Gasteiger partial charge >= 0.3 is 12.1 Å². The first-order chi connectivity index (χ1) is 13.7. The summed E-state index contributed by atoms with van der Waals surface area (Å²) in [4.78, 5) is 16.0. The van der Waals surface area contributed by atoms with Gasteiger partial charge in [0.25, 0.3) is 0 Å². The highest BCUT2D eigenvalue weighted by molar-refractivity contribution is 6.23. The molecule has 1 heterocycles. The van der Waals surface area contributed by atoms with Crippen molar-refractivity contribution < 1.29 is 42.4 Å². The van der Waals surface area contributed by atoms with E-state index >= 15 is 0 Å². The van der Waals surface area contributed by atoms with E-state index in [2.05, 4.69) is 9.72 Å². The first-order valence-electron chi connectivity index (χ1n) is 8.20. The molecule has 0 saturated carbocycles. The van der Waals surface area contributed by atoms with Gasteiger partial charge in [-0.2, -0.15) is 13.2 Å². The van der Waals surface area contributed by atoms with Crippen molar-refractivity contribution in [3.05, 3.63) is 53.3 Å². The van der Waals surface area contributed by atoms with E-state index in [1.165, 1.54) is 25.4 Å². The van der Waals surface area contributed by atoms with Crippen LogP contribution >= 0.6 is 0 Å². The summed E-state index contributed by atoms with van der Waals surface area (Å²) in [6.45, 7) is -0.137. The summed E-state index contributed by atoms with van der Waals surface area (Å²) in [5.41, 5.74) is -3.29. The average molecular weight is 413 g/mol. The van der Waals surface area contributed by atoms with E-state index in [-0.39, 0.29) is 13.2 Å². The van der Waals surface area contributed by atoms with Crippen LogP contribution in [0.3, 0.4) is 0 Å². The number of halogens is 3. The molecule has 0 fully saturated rings. The number of benzene rings is 1. The lowest BCUT2D eigenvalue weighted by Crippen LogP contribution is -2.17. The summed E-state index contributed by atoms with van der Waals surface area (Å²) in [6.07, 6.45) is -3.75. The van der Waals surface area contributed by atoms with Gasteiger partial charge in [0.2, 0.25) is 0 Å². The Kier molecular flexibility index (Phi) is 7.05. The number of rotatable bonds is 7. The number of carbonyl (C=O) groups excluding carboxylic acids is 1. The molecule has 156 valence electrons. The standard InChI is InChI=1S/C19H18F3NO6/c1-27-9-10-29-13-7-3-5-11(15(13)19(20,21)22)14(18(26)28-2)17(25)16-12(24)6-4-8-23-16/h3-8,24-25H,9-10H2,1-2H3/b17-14+. The van der Waals surface area contributed by atoms with E-state index in [9.17, 15) is 28.2 Å². The zero-order valence-electron chi connectivity index (χ0n) is 15.5. The van der Waals surface area contributed by atoms with Crippen LogP contribution in [0.5, 0.6) is 11.5 Å². The maximum absolute atomic E-state index is 13.9. The minimum Gasteiger partial charge on any atom is -0.506 e. The number of aliphatic hydroxyl groups is 1. The van der Waals surface area contributed by atoms with Crippen molar-refractivity contribution in [3.8, 4) is 11.5 Å². The Hall–Kier alpha value is -3.27. The van der Waals surface area contributed by atoms with Crippen molar-refractivity contribution in [2.45, 2.75) is 6.18 Å². The number of esters is 1. The van der Waals surface area contributed by atoms with Crippen molar-refractivity contribution in [1.29, 1.82) is 0 Å². The van der Waals surface area contributed by atoms with Gasteiger partial charge in [0.1, 0.15) is 34.9 Å². The molecule has 0 atom stereocenters. The van der Waals surface area contributed by atoms with E-state index in [1.807, 2.05) is 0 Å². The summed E-state index contributed by atoms with van der Waals surface area (Å²) in [5.74, 6) is -3.33. The third-order valence-electron chi connectivity index (χ3n) is 3.76. The van der Waals surface area contributed by atoms with Gasteiger partial charge in [0.15, 0.2) is 5.76 Å². The van der Waals surface area contributed by atoms with Crippen LogP contribution < -0.4 is 4.74 Å². The maximum Gasteiger partial charge on any atom is 0.420 e. The Morgan fingerprint density at radius 3 is 2.45 bits per heavy atom. The molecule has 2 N–H and O–H groups in total. The molecule has 2 aromatic rings. The third kappa shape index (κ3) is 4.96. The van der Waals surface area contributed by atoms with Gasteiger partial charge in [-0.05, 0) is 18.2 Å². The van der Waals surface area contributed by atoms with Crippen LogP contribution in [0.4, 0.5) is 13.2 Å². The van der Waals surface area contributed by atoms with Gasteiger partial charge in [0.05, 0.1) is 13.7 Å². The molecule has 1 aromatic heterocycles. The summed E-state index contributed by atoms with van der Waals surface area (Å²) < 4.78 is 56.1. The van der Waals surface area contributed by atoms with Crippen molar-refractivity contribution >= 4 is 17.3 Å². The molecule has 0 aliphatic rings. The zero-order chi connectivity index (χ0) is 21.6. The molecule has 0 radical (unpaired) electrons. The second-order valence-corrected chi connectivity index (χ2v) is 5.60. The van der Waals surface area contributed by atoms with Gasteiger partial charge in [-0.15, -0.1) is 0 Å². The molecule has 0 amide bonds. The lowest BCUT2D eigenvalue weighted by atomic mass is 9.96. The molecule has 2 rings (SSSR count). The van der Waals surface area contributed by atoms with E-state index in [1.54, 1.807) is 0 Å². The van der Waals surface area contributed by atoms with Crippen LogP contribution in [0.2, 0.25) is 0 Å². The number of methoxy groups -OCH3 is 2. The van der Waals surface area contributed by atoms with Crippen molar-refractivity contribution in [2.24, 2.45) is 0 Å². The number of aromatic hydroxyl groups is 1. The second kappa shape index (κ2) is 9.28. The molecule has 0 aliphatic heterocycles. The Morgan fingerprint density at radius 2 is 1.86 bits per heavy atom. The molecule has 0 unspecified atom stereocenters. The van der Waals surface area contributed by atoms with E-state index < -0.39 is 51.8 Å². The van der Waals surface area contributed by atoms with Crippen LogP contribution in [-0.4, -0.2) is 48.6 Å². The lowest BCUT2D eigenvalue weighted by molar-refractivity contribution is -0.139. The number of aliphatic hydroxyl groups excluding tert-OH is 1. The number of aromatic nitrogens is 1. The quantitative estimate of drug-likeness (QED) is 0.311. The second-order valence-electron chi connectivity index (χ2n) is 5.60. The van der Waals surface area contributed by atoms with Crippen molar-refractivity contribution in [2.75, 3.05) is 27.4 Å². The molecule has 0 spiro atoms. The molecule has 0 bridgehead atoms. The fourth-order valence-electron chi connectivity index (χ4n) is 2.52. The smallest absolute Gasteiger partial charge is 0.420 e. The molecule has 7 nitrogen and oxygen atoms in total. The van der Waals surface area contributed by atoms with Crippen LogP contribution in [0, 0.1) is 0 Å². The summed E-state index contributed by atoms with van der Waals surface area (Å²) >= 11 is 0. The maximum atomic E-state index is 13.9. The molecular formula is C19H18F3NO6. The fraction of sp³-hybridized carbons (Fsp3) is 0.263. The summed E-state index contributed by atoms with van der Waals surface area (Å²) in [7, 11) is 2.31. The SMILES string of the molecule is COCCOc1cccc(/C(C(=O)OC)=C(\O)c2ncccc2O)c1C(F)(F)F. The van der Waals surface area contributed by atoms with Crippen LogP contribution in [0.1, 0.15) is 16.8 Å². The van der Waals surface area contributed by atoms with Crippen molar-refractivity contribution in [1.82, 2.24) is 4.98 Å². The fourth-order valence-corrected chi connectivity index (χ4v) is 2.52. The minimum atomic E-state index is -4.94. The number of alkyl halides is 3. The van der Waals surface area contributed by atoms with E-state index in [4.69, 9.17) is 9.47 Å². The molecule has 1 aromatic carbocycles. The largest absolute Gasteiger partial charge is 0.506 e. The van der Waals surface area contributed by atoms with Crippen molar-refractivity contribution in [3.63, 3.8) is 0 Å².